The van der Waals surface area contributed by atoms with Gasteiger partial charge in [-0.05, 0) is 42.1 Å². The van der Waals surface area contributed by atoms with Gasteiger partial charge in [0, 0.05) is 24.3 Å². The Kier molecular flexibility index (Phi) is 4.56. The molecule has 148 valence electrons. The molecule has 9 heteroatoms. The Hall–Kier alpha value is -3.85. The predicted octanol–water partition coefficient (Wildman–Crippen LogP) is 3.72. The molecule has 4 aromatic heterocycles. The fourth-order valence-corrected chi connectivity index (χ4v) is 4.07. The Balaban J connectivity index is 1.60. The second-order valence-corrected chi connectivity index (χ2v) is 7.65. The summed E-state index contributed by atoms with van der Waals surface area (Å²) in [5.41, 5.74) is 2.08. The number of aromatic nitrogens is 5. The zero-order valence-electron chi connectivity index (χ0n) is 16.0. The quantitative estimate of drug-likeness (QED) is 0.527. The third-order valence-corrected chi connectivity index (χ3v) is 5.61. The van der Waals surface area contributed by atoms with E-state index < -0.39 is 6.04 Å². The standard InChI is InChI=1S/C21H17N7OS/c1-13-17(20(29)25-16-8-2-3-10-23-16)18(14-6-4-9-22-12-14)28-21(24-13)26-19(27-28)15-7-5-11-30-15/h2-12,18H,1H3,(H,23,25,29)(H,24,26,27). The van der Waals surface area contributed by atoms with Crippen molar-refractivity contribution < 1.29 is 4.79 Å². The Bertz CT molecular complexity index is 1220. The van der Waals surface area contributed by atoms with Gasteiger partial charge in [0.2, 0.25) is 5.95 Å². The van der Waals surface area contributed by atoms with Gasteiger partial charge in [-0.25, -0.2) is 9.67 Å². The van der Waals surface area contributed by atoms with E-state index in [1.54, 1.807) is 46.7 Å². The topological polar surface area (TPSA) is 97.6 Å². The Morgan fingerprint density at radius 3 is 2.83 bits per heavy atom. The van der Waals surface area contributed by atoms with Gasteiger partial charge in [0.05, 0.1) is 10.5 Å². The molecule has 5 rings (SSSR count). The van der Waals surface area contributed by atoms with Gasteiger partial charge < -0.3 is 10.6 Å². The second kappa shape index (κ2) is 7.53. The first-order valence-corrected chi connectivity index (χ1v) is 10.2. The molecule has 30 heavy (non-hydrogen) atoms. The number of nitrogens with zero attached hydrogens (tertiary/aromatic N) is 5. The van der Waals surface area contributed by atoms with Crippen molar-refractivity contribution in [1.29, 1.82) is 0 Å². The minimum absolute atomic E-state index is 0.258. The van der Waals surface area contributed by atoms with Crippen molar-refractivity contribution in [3.8, 4) is 10.7 Å². The van der Waals surface area contributed by atoms with E-state index in [0.29, 0.717) is 28.9 Å². The molecule has 0 saturated carbocycles. The number of amides is 1. The highest BCUT2D eigenvalue weighted by molar-refractivity contribution is 7.13. The van der Waals surface area contributed by atoms with Crippen LogP contribution in [0.5, 0.6) is 0 Å². The highest BCUT2D eigenvalue weighted by Gasteiger charge is 2.34. The maximum absolute atomic E-state index is 13.3. The van der Waals surface area contributed by atoms with Crippen molar-refractivity contribution in [2.75, 3.05) is 10.6 Å². The maximum atomic E-state index is 13.3. The van der Waals surface area contributed by atoms with Gasteiger partial charge >= 0.3 is 0 Å². The van der Waals surface area contributed by atoms with Gasteiger partial charge in [-0.15, -0.1) is 16.4 Å². The summed E-state index contributed by atoms with van der Waals surface area (Å²) in [5, 5.41) is 12.8. The highest BCUT2D eigenvalue weighted by atomic mass is 32.1. The van der Waals surface area contributed by atoms with Crippen molar-refractivity contribution in [2.24, 2.45) is 0 Å². The van der Waals surface area contributed by atoms with E-state index in [9.17, 15) is 4.79 Å². The van der Waals surface area contributed by atoms with Crippen molar-refractivity contribution >= 4 is 29.0 Å². The van der Waals surface area contributed by atoms with Crippen LogP contribution in [0.15, 0.2) is 77.7 Å². The fraction of sp³-hybridized carbons (Fsp3) is 0.0952. The van der Waals surface area contributed by atoms with E-state index >= 15 is 0 Å². The number of carbonyl (C=O) groups excluding carboxylic acids is 1. The lowest BCUT2D eigenvalue weighted by atomic mass is 9.96. The lowest BCUT2D eigenvalue weighted by Crippen LogP contribution is -2.31. The molecular formula is C21H17N7OS. The average molecular weight is 415 g/mol. The number of carbonyl (C=O) groups is 1. The molecule has 0 fully saturated rings. The zero-order chi connectivity index (χ0) is 20.5. The maximum Gasteiger partial charge on any atom is 0.257 e. The monoisotopic (exact) mass is 415 g/mol. The molecule has 0 radical (unpaired) electrons. The van der Waals surface area contributed by atoms with Gasteiger partial charge in [-0.3, -0.25) is 9.78 Å². The van der Waals surface area contributed by atoms with Crippen LogP contribution >= 0.6 is 11.3 Å². The van der Waals surface area contributed by atoms with Gasteiger partial charge in [0.1, 0.15) is 11.9 Å². The van der Waals surface area contributed by atoms with Crippen LogP contribution in [0.1, 0.15) is 18.5 Å². The number of nitrogens with one attached hydrogen (secondary N) is 2. The molecule has 1 aliphatic rings. The van der Waals surface area contributed by atoms with Crippen LogP contribution in [0.2, 0.25) is 0 Å². The largest absolute Gasteiger partial charge is 0.328 e. The summed E-state index contributed by atoms with van der Waals surface area (Å²) >= 11 is 1.57. The number of hydrogen-bond acceptors (Lipinski definition) is 7. The normalized spacial score (nSPS) is 15.4. The lowest BCUT2D eigenvalue weighted by Gasteiger charge is -2.28. The van der Waals surface area contributed by atoms with Crippen LogP contribution in [-0.2, 0) is 4.79 Å². The van der Waals surface area contributed by atoms with Crippen LogP contribution in [0.3, 0.4) is 0 Å². The predicted molar refractivity (Wildman–Crippen MR) is 115 cm³/mol. The van der Waals surface area contributed by atoms with Crippen LogP contribution in [0, 0.1) is 0 Å². The van der Waals surface area contributed by atoms with Crippen molar-refractivity contribution in [3.05, 3.63) is 83.3 Å². The number of anilines is 2. The van der Waals surface area contributed by atoms with Gasteiger partial charge in [-0.1, -0.05) is 18.2 Å². The molecular weight excluding hydrogens is 398 g/mol. The van der Waals surface area contributed by atoms with Crippen LogP contribution in [0.4, 0.5) is 11.8 Å². The summed E-state index contributed by atoms with van der Waals surface area (Å²) in [4.78, 5) is 27.3. The lowest BCUT2D eigenvalue weighted by molar-refractivity contribution is -0.113. The van der Waals surface area contributed by atoms with Gasteiger partial charge in [0.15, 0.2) is 5.82 Å². The van der Waals surface area contributed by atoms with E-state index in [4.69, 9.17) is 5.10 Å². The highest BCUT2D eigenvalue weighted by Crippen LogP contribution is 2.36. The molecule has 8 nitrogen and oxygen atoms in total. The first-order chi connectivity index (χ1) is 14.7. The Labute approximate surface area is 176 Å². The molecule has 2 N–H and O–H groups in total. The molecule has 1 atom stereocenters. The van der Waals surface area contributed by atoms with Gasteiger partial charge in [0.25, 0.3) is 5.91 Å². The van der Waals surface area contributed by atoms with Gasteiger partial charge in [-0.2, -0.15) is 4.98 Å². The number of pyridine rings is 2. The SMILES string of the molecule is CC1=C(C(=O)Nc2ccccn2)C(c2cccnc2)n2nc(-c3cccs3)nc2N1. The molecule has 1 unspecified atom stereocenters. The van der Waals surface area contributed by atoms with E-state index in [1.807, 2.05) is 42.6 Å². The minimum atomic E-state index is -0.472. The summed E-state index contributed by atoms with van der Waals surface area (Å²) in [5.74, 6) is 1.42. The smallest absolute Gasteiger partial charge is 0.257 e. The van der Waals surface area contributed by atoms with E-state index in [2.05, 4.69) is 25.6 Å². The molecule has 4 aromatic rings. The third kappa shape index (κ3) is 3.25. The number of fused-ring (bicyclic) bond motifs is 1. The minimum Gasteiger partial charge on any atom is -0.328 e. The number of allylic oxidation sites excluding steroid dienone is 1. The molecule has 1 amide bonds. The van der Waals surface area contributed by atoms with Crippen LogP contribution in [-0.4, -0.2) is 30.6 Å². The van der Waals surface area contributed by atoms with E-state index in [1.165, 1.54) is 0 Å². The summed E-state index contributed by atoms with van der Waals surface area (Å²) in [7, 11) is 0. The molecule has 0 bridgehead atoms. The number of rotatable bonds is 4. The summed E-state index contributed by atoms with van der Waals surface area (Å²) < 4.78 is 1.74. The van der Waals surface area contributed by atoms with E-state index in [0.717, 1.165) is 10.4 Å². The second-order valence-electron chi connectivity index (χ2n) is 6.70. The summed E-state index contributed by atoms with van der Waals surface area (Å²) in [6, 6.07) is 12.6. The van der Waals surface area contributed by atoms with Crippen molar-refractivity contribution in [2.45, 2.75) is 13.0 Å². The molecule has 0 spiro atoms. The molecule has 0 aliphatic carbocycles. The first kappa shape index (κ1) is 18.2. The molecule has 5 heterocycles. The molecule has 0 saturated heterocycles. The van der Waals surface area contributed by atoms with E-state index in [-0.39, 0.29) is 5.91 Å². The Morgan fingerprint density at radius 2 is 2.10 bits per heavy atom. The van der Waals surface area contributed by atoms with Crippen molar-refractivity contribution in [3.63, 3.8) is 0 Å². The zero-order valence-corrected chi connectivity index (χ0v) is 16.8. The first-order valence-electron chi connectivity index (χ1n) is 9.31. The number of hydrogen-bond donors (Lipinski definition) is 2. The molecule has 1 aliphatic heterocycles. The summed E-state index contributed by atoms with van der Waals surface area (Å²) in [6.07, 6.45) is 5.08. The third-order valence-electron chi connectivity index (χ3n) is 4.75. The molecule has 0 aromatic carbocycles. The van der Waals surface area contributed by atoms with Crippen LogP contribution in [0.25, 0.3) is 10.7 Å². The number of thiophene rings is 1. The average Bonchev–Trinajstić information content (AvgIpc) is 3.44. The van der Waals surface area contributed by atoms with Crippen LogP contribution < -0.4 is 10.6 Å². The summed E-state index contributed by atoms with van der Waals surface area (Å²) in [6.45, 7) is 1.86. The van der Waals surface area contributed by atoms with Crippen molar-refractivity contribution in [1.82, 2.24) is 24.7 Å². The fourth-order valence-electron chi connectivity index (χ4n) is 3.42. The Morgan fingerprint density at radius 1 is 1.17 bits per heavy atom.